The topological polar surface area (TPSA) is 64.4 Å². The van der Waals surface area contributed by atoms with Gasteiger partial charge in [-0.1, -0.05) is 54.4 Å². The summed E-state index contributed by atoms with van der Waals surface area (Å²) in [5.74, 6) is 0.464. The summed E-state index contributed by atoms with van der Waals surface area (Å²) in [6, 6.07) is 14.8. The van der Waals surface area contributed by atoms with Crippen molar-refractivity contribution in [3.8, 4) is 5.75 Å². The van der Waals surface area contributed by atoms with E-state index in [1.807, 2.05) is 18.2 Å². The van der Waals surface area contributed by atoms with Crippen molar-refractivity contribution in [3.63, 3.8) is 0 Å². The highest BCUT2D eigenvalue weighted by Crippen LogP contribution is 2.30. The van der Waals surface area contributed by atoms with Crippen LogP contribution < -0.4 is 4.74 Å². The first-order valence-corrected chi connectivity index (χ1v) is 11.4. The summed E-state index contributed by atoms with van der Waals surface area (Å²) < 4.78 is 8.09. The Balaban J connectivity index is 1.57. The zero-order valence-corrected chi connectivity index (χ0v) is 20.2. The summed E-state index contributed by atoms with van der Waals surface area (Å²) in [6.45, 7) is 7.07. The fraction of sp³-hybridized carbons (Fsp3) is 0.231. The molecule has 0 bridgehead atoms. The van der Waals surface area contributed by atoms with Gasteiger partial charge >= 0.3 is 5.97 Å². The van der Waals surface area contributed by atoms with Gasteiger partial charge in [-0.05, 0) is 54.8 Å². The van der Waals surface area contributed by atoms with Gasteiger partial charge in [-0.15, -0.1) is 0 Å². The average molecular weight is 483 g/mol. The van der Waals surface area contributed by atoms with Crippen LogP contribution >= 0.6 is 23.2 Å². The number of benzene rings is 3. The van der Waals surface area contributed by atoms with Gasteiger partial charge in [0.2, 0.25) is 0 Å². The maximum Gasteiger partial charge on any atom is 0.337 e. The van der Waals surface area contributed by atoms with Crippen LogP contribution in [0.15, 0.2) is 48.5 Å². The number of aromatic carboxylic acids is 1. The van der Waals surface area contributed by atoms with E-state index < -0.39 is 5.97 Å². The van der Waals surface area contributed by atoms with Crippen molar-refractivity contribution in [2.45, 2.75) is 40.3 Å². The maximum absolute atomic E-state index is 11.3. The first-order valence-electron chi connectivity index (χ1n) is 10.7. The lowest BCUT2D eigenvalue weighted by molar-refractivity contribution is 0.0697. The molecule has 0 saturated heterocycles. The lowest BCUT2D eigenvalue weighted by Crippen LogP contribution is -2.06. The smallest absolute Gasteiger partial charge is 0.337 e. The standard InChI is InChI=1S/C26H24Cl2N2O3/c1-4-23-29-21-11-15(2)10-16(3)25(21)30(23)13-17-8-9-22(20(27)12-17)33-14-18-6-5-7-19(24(18)28)26(31)32/h5-12H,4,13-14H2,1-3H3,(H,31,32). The van der Waals surface area contributed by atoms with Crippen molar-refractivity contribution < 1.29 is 14.6 Å². The van der Waals surface area contributed by atoms with Gasteiger partial charge in [-0.2, -0.15) is 0 Å². The van der Waals surface area contributed by atoms with Crippen molar-refractivity contribution in [2.24, 2.45) is 0 Å². The molecule has 3 aromatic carbocycles. The van der Waals surface area contributed by atoms with Crippen LogP contribution in [0, 0.1) is 13.8 Å². The molecule has 4 rings (SSSR count). The van der Waals surface area contributed by atoms with Gasteiger partial charge in [0.25, 0.3) is 0 Å². The third-order valence-electron chi connectivity index (χ3n) is 5.60. The molecule has 0 amide bonds. The van der Waals surface area contributed by atoms with Crippen LogP contribution in [0.3, 0.4) is 0 Å². The minimum absolute atomic E-state index is 0.0454. The minimum atomic E-state index is -1.08. The second-order valence-electron chi connectivity index (χ2n) is 8.05. The summed E-state index contributed by atoms with van der Waals surface area (Å²) in [7, 11) is 0. The van der Waals surface area contributed by atoms with E-state index in [1.54, 1.807) is 12.1 Å². The SMILES string of the molecule is CCc1nc2cc(C)cc(C)c2n1Cc1ccc(OCc2cccc(C(=O)O)c2Cl)c(Cl)c1. The van der Waals surface area contributed by atoms with E-state index in [4.69, 9.17) is 32.9 Å². The molecule has 0 spiro atoms. The van der Waals surface area contributed by atoms with Gasteiger partial charge in [0.1, 0.15) is 18.2 Å². The van der Waals surface area contributed by atoms with Crippen LogP contribution in [0.25, 0.3) is 11.0 Å². The highest BCUT2D eigenvalue weighted by Gasteiger charge is 2.15. The Kier molecular flexibility index (Phi) is 6.63. The van der Waals surface area contributed by atoms with E-state index in [0.29, 0.717) is 22.9 Å². The van der Waals surface area contributed by atoms with Crippen LogP contribution in [-0.4, -0.2) is 20.6 Å². The van der Waals surface area contributed by atoms with E-state index in [9.17, 15) is 9.90 Å². The number of ether oxygens (including phenoxy) is 1. The lowest BCUT2D eigenvalue weighted by atomic mass is 10.1. The summed E-state index contributed by atoms with van der Waals surface area (Å²) in [5, 5.41) is 9.89. The fourth-order valence-corrected chi connectivity index (χ4v) is 4.62. The molecule has 4 aromatic rings. The number of aromatic nitrogens is 2. The molecule has 0 radical (unpaired) electrons. The molecule has 0 unspecified atom stereocenters. The number of fused-ring (bicyclic) bond motifs is 1. The predicted molar refractivity (Wildman–Crippen MR) is 132 cm³/mol. The van der Waals surface area contributed by atoms with Crippen LogP contribution in [-0.2, 0) is 19.6 Å². The van der Waals surface area contributed by atoms with Gasteiger partial charge in [0.15, 0.2) is 0 Å². The van der Waals surface area contributed by atoms with Gasteiger partial charge < -0.3 is 14.4 Å². The summed E-state index contributed by atoms with van der Waals surface area (Å²) in [4.78, 5) is 16.1. The molecule has 1 heterocycles. The number of imidazole rings is 1. The van der Waals surface area contributed by atoms with Crippen molar-refractivity contribution in [3.05, 3.63) is 92.2 Å². The highest BCUT2D eigenvalue weighted by molar-refractivity contribution is 6.34. The third kappa shape index (κ3) is 4.70. The molecular formula is C26H24Cl2N2O3. The van der Waals surface area contributed by atoms with Crippen LogP contribution in [0.2, 0.25) is 10.0 Å². The molecule has 0 aliphatic carbocycles. The van der Waals surface area contributed by atoms with Gasteiger partial charge in [0.05, 0.1) is 26.6 Å². The van der Waals surface area contributed by atoms with Crippen molar-refractivity contribution >= 4 is 40.2 Å². The van der Waals surface area contributed by atoms with Crippen molar-refractivity contribution in [1.82, 2.24) is 9.55 Å². The van der Waals surface area contributed by atoms with Crippen molar-refractivity contribution in [1.29, 1.82) is 0 Å². The molecule has 1 N–H and O–H groups in total. The first-order chi connectivity index (χ1) is 15.8. The fourth-order valence-electron chi connectivity index (χ4n) is 4.10. The Morgan fingerprint density at radius 3 is 2.61 bits per heavy atom. The van der Waals surface area contributed by atoms with Crippen LogP contribution in [0.4, 0.5) is 0 Å². The molecule has 0 aliphatic rings. The monoisotopic (exact) mass is 482 g/mol. The summed E-state index contributed by atoms with van der Waals surface area (Å²) >= 11 is 12.7. The molecule has 1 aromatic heterocycles. The van der Waals surface area contributed by atoms with E-state index in [0.717, 1.165) is 28.8 Å². The number of hydrogen-bond acceptors (Lipinski definition) is 3. The Morgan fingerprint density at radius 2 is 1.91 bits per heavy atom. The molecule has 33 heavy (non-hydrogen) atoms. The summed E-state index contributed by atoms with van der Waals surface area (Å²) in [5.41, 5.74) is 6.21. The maximum atomic E-state index is 11.3. The lowest BCUT2D eigenvalue weighted by Gasteiger charge is -2.13. The molecule has 7 heteroatoms. The zero-order valence-electron chi connectivity index (χ0n) is 18.7. The first kappa shape index (κ1) is 23.1. The second kappa shape index (κ2) is 9.46. The molecule has 170 valence electrons. The number of aryl methyl sites for hydroxylation is 3. The van der Waals surface area contributed by atoms with Gasteiger partial charge in [-0.25, -0.2) is 9.78 Å². The normalized spacial score (nSPS) is 11.2. The summed E-state index contributed by atoms with van der Waals surface area (Å²) in [6.07, 6.45) is 0.832. The van der Waals surface area contributed by atoms with E-state index >= 15 is 0 Å². The number of halogens is 2. The molecule has 5 nitrogen and oxygen atoms in total. The number of carboxylic acid groups (broad SMARTS) is 1. The van der Waals surface area contributed by atoms with Crippen molar-refractivity contribution in [2.75, 3.05) is 0 Å². The zero-order chi connectivity index (χ0) is 23.7. The second-order valence-corrected chi connectivity index (χ2v) is 8.84. The molecule has 0 aliphatic heterocycles. The number of carboxylic acids is 1. The largest absolute Gasteiger partial charge is 0.487 e. The Bertz CT molecular complexity index is 1360. The number of hydrogen-bond donors (Lipinski definition) is 1. The Hall–Kier alpha value is -3.02. The number of carbonyl (C=O) groups is 1. The number of rotatable bonds is 7. The third-order valence-corrected chi connectivity index (χ3v) is 6.34. The quantitative estimate of drug-likeness (QED) is 0.312. The minimum Gasteiger partial charge on any atom is -0.487 e. The van der Waals surface area contributed by atoms with Crippen LogP contribution in [0.5, 0.6) is 5.75 Å². The Morgan fingerprint density at radius 1 is 1.12 bits per heavy atom. The van der Waals surface area contributed by atoms with Crippen LogP contribution in [0.1, 0.15) is 45.4 Å². The predicted octanol–water partition coefficient (Wildman–Crippen LogP) is 6.85. The molecule has 0 saturated carbocycles. The average Bonchev–Trinajstić information content (AvgIpc) is 3.11. The van der Waals surface area contributed by atoms with Gasteiger partial charge in [-0.3, -0.25) is 0 Å². The van der Waals surface area contributed by atoms with E-state index in [-0.39, 0.29) is 17.2 Å². The molecule has 0 atom stereocenters. The molecule has 0 fully saturated rings. The highest BCUT2D eigenvalue weighted by atomic mass is 35.5. The Labute approximate surface area is 202 Å². The number of nitrogens with zero attached hydrogens (tertiary/aromatic N) is 2. The van der Waals surface area contributed by atoms with Gasteiger partial charge in [0, 0.05) is 18.5 Å². The molecular weight excluding hydrogens is 459 g/mol. The van der Waals surface area contributed by atoms with E-state index in [2.05, 4.69) is 37.5 Å². The van der Waals surface area contributed by atoms with E-state index in [1.165, 1.54) is 17.2 Å².